The van der Waals surface area contributed by atoms with E-state index in [1.807, 2.05) is 49.3 Å². The van der Waals surface area contributed by atoms with Crippen LogP contribution in [-0.4, -0.2) is 48.0 Å². The number of likely N-dealkylation sites (N-methyl/N-ethyl adjacent to an activating group) is 1. The van der Waals surface area contributed by atoms with E-state index in [1.54, 1.807) is 23.2 Å². The van der Waals surface area contributed by atoms with E-state index < -0.39 is 0 Å². The van der Waals surface area contributed by atoms with E-state index in [9.17, 15) is 9.18 Å². The van der Waals surface area contributed by atoms with Crippen molar-refractivity contribution >= 4 is 22.6 Å². The van der Waals surface area contributed by atoms with E-state index in [-0.39, 0.29) is 11.8 Å². The number of carbonyl (C=O) groups is 1. The maximum atomic E-state index is 13.2. The van der Waals surface area contributed by atoms with Gasteiger partial charge in [-0.25, -0.2) is 9.18 Å². The van der Waals surface area contributed by atoms with Gasteiger partial charge < -0.3 is 15.1 Å². The highest BCUT2D eigenvalue weighted by atomic mass is 19.1. The maximum Gasteiger partial charge on any atom is 0.322 e. The van der Waals surface area contributed by atoms with Crippen LogP contribution in [0.3, 0.4) is 0 Å². The number of pyridine rings is 1. The average Bonchev–Trinajstić information content (AvgIpc) is 2.66. The number of hydrogen-bond donors (Lipinski definition) is 1. The second kappa shape index (κ2) is 8.60. The van der Waals surface area contributed by atoms with Crippen LogP contribution in [0.25, 0.3) is 10.9 Å². The van der Waals surface area contributed by atoms with Crippen molar-refractivity contribution in [2.45, 2.75) is 6.54 Å². The summed E-state index contributed by atoms with van der Waals surface area (Å²) in [4.78, 5) is 21.0. The number of para-hydroxylation sites is 1. The smallest absolute Gasteiger partial charge is 0.319 e. The minimum Gasteiger partial charge on any atom is -0.319 e. The molecule has 0 fully saturated rings. The Balaban J connectivity index is 1.79. The Morgan fingerprint density at radius 2 is 1.78 bits per heavy atom. The van der Waals surface area contributed by atoms with Gasteiger partial charge in [0.25, 0.3) is 0 Å². The SMILES string of the molecule is CN(C)CCN(Cc1ccc(F)cc1)C(=O)Nc1cccc2cccnc12. The Kier molecular flexibility index (Phi) is 5.98. The molecule has 2 aromatic carbocycles. The molecule has 0 aliphatic heterocycles. The highest BCUT2D eigenvalue weighted by Crippen LogP contribution is 2.21. The molecule has 0 aliphatic rings. The van der Waals surface area contributed by atoms with Gasteiger partial charge in [-0.1, -0.05) is 30.3 Å². The minimum absolute atomic E-state index is 0.209. The van der Waals surface area contributed by atoms with Crippen molar-refractivity contribution in [2.24, 2.45) is 0 Å². The van der Waals surface area contributed by atoms with Gasteiger partial charge >= 0.3 is 6.03 Å². The Labute approximate surface area is 158 Å². The van der Waals surface area contributed by atoms with Crippen molar-refractivity contribution in [3.8, 4) is 0 Å². The van der Waals surface area contributed by atoms with Crippen LogP contribution >= 0.6 is 0 Å². The van der Waals surface area contributed by atoms with Gasteiger partial charge in [0.1, 0.15) is 5.82 Å². The van der Waals surface area contributed by atoms with E-state index in [1.165, 1.54) is 12.1 Å². The highest BCUT2D eigenvalue weighted by Gasteiger charge is 2.16. The van der Waals surface area contributed by atoms with Gasteiger partial charge in [-0.3, -0.25) is 4.98 Å². The summed E-state index contributed by atoms with van der Waals surface area (Å²) in [6, 6.07) is 15.5. The van der Waals surface area contributed by atoms with Gasteiger partial charge in [-0.2, -0.15) is 0 Å². The maximum absolute atomic E-state index is 13.2. The lowest BCUT2D eigenvalue weighted by Gasteiger charge is -2.25. The number of fused-ring (bicyclic) bond motifs is 1. The molecular weight excluding hydrogens is 343 g/mol. The molecule has 0 aliphatic carbocycles. The molecule has 5 nitrogen and oxygen atoms in total. The topological polar surface area (TPSA) is 48.5 Å². The molecule has 3 aromatic rings. The fourth-order valence-corrected chi connectivity index (χ4v) is 2.78. The number of aromatic nitrogens is 1. The van der Waals surface area contributed by atoms with Gasteiger partial charge in [0.15, 0.2) is 0 Å². The van der Waals surface area contributed by atoms with Crippen LogP contribution < -0.4 is 5.32 Å². The second-order valence-electron chi connectivity index (χ2n) is 6.66. The Morgan fingerprint density at radius 1 is 1.04 bits per heavy atom. The highest BCUT2D eigenvalue weighted by molar-refractivity contribution is 5.99. The predicted octanol–water partition coefficient (Wildman–Crippen LogP) is 3.97. The lowest BCUT2D eigenvalue weighted by molar-refractivity contribution is 0.202. The lowest BCUT2D eigenvalue weighted by atomic mass is 10.2. The first-order chi connectivity index (χ1) is 13.0. The molecule has 3 rings (SSSR count). The van der Waals surface area contributed by atoms with Gasteiger partial charge in [-0.15, -0.1) is 0 Å². The minimum atomic E-state index is -0.287. The fourth-order valence-electron chi connectivity index (χ4n) is 2.78. The zero-order chi connectivity index (χ0) is 19.2. The van der Waals surface area contributed by atoms with Crippen LogP contribution in [0, 0.1) is 5.82 Å². The largest absolute Gasteiger partial charge is 0.322 e. The second-order valence-corrected chi connectivity index (χ2v) is 6.66. The predicted molar refractivity (Wildman–Crippen MR) is 106 cm³/mol. The van der Waals surface area contributed by atoms with Gasteiger partial charge in [0.2, 0.25) is 0 Å². The molecule has 0 saturated heterocycles. The van der Waals surface area contributed by atoms with Crippen molar-refractivity contribution in [2.75, 3.05) is 32.5 Å². The third-order valence-electron chi connectivity index (χ3n) is 4.27. The van der Waals surface area contributed by atoms with Crippen LogP contribution in [0.5, 0.6) is 0 Å². The average molecular weight is 366 g/mol. The number of benzene rings is 2. The molecule has 0 atom stereocenters. The number of amides is 2. The zero-order valence-electron chi connectivity index (χ0n) is 15.5. The first-order valence-corrected chi connectivity index (χ1v) is 8.82. The fraction of sp³-hybridized carbons (Fsp3) is 0.238. The molecular formula is C21H23FN4O. The van der Waals surface area contributed by atoms with E-state index in [0.717, 1.165) is 23.0 Å². The molecule has 1 N–H and O–H groups in total. The molecule has 140 valence electrons. The third-order valence-corrected chi connectivity index (χ3v) is 4.27. The van der Waals surface area contributed by atoms with Crippen molar-refractivity contribution in [3.05, 3.63) is 72.2 Å². The summed E-state index contributed by atoms with van der Waals surface area (Å²) in [5.74, 6) is -0.287. The van der Waals surface area contributed by atoms with Gasteiger partial charge in [0.05, 0.1) is 11.2 Å². The molecule has 6 heteroatoms. The van der Waals surface area contributed by atoms with Crippen molar-refractivity contribution in [1.82, 2.24) is 14.8 Å². The Hall–Kier alpha value is -2.99. The molecule has 1 heterocycles. The van der Waals surface area contributed by atoms with Gasteiger partial charge in [-0.05, 0) is 43.9 Å². The summed E-state index contributed by atoms with van der Waals surface area (Å²) in [5, 5.41) is 3.94. The van der Waals surface area contributed by atoms with Crippen molar-refractivity contribution in [1.29, 1.82) is 0 Å². The summed E-state index contributed by atoms with van der Waals surface area (Å²) >= 11 is 0. The summed E-state index contributed by atoms with van der Waals surface area (Å²) in [6.45, 7) is 1.68. The summed E-state index contributed by atoms with van der Waals surface area (Å²) < 4.78 is 13.2. The normalized spacial score (nSPS) is 11.0. The first-order valence-electron chi connectivity index (χ1n) is 8.82. The zero-order valence-corrected chi connectivity index (χ0v) is 15.5. The molecule has 2 amide bonds. The van der Waals surface area contributed by atoms with Crippen LogP contribution in [0.15, 0.2) is 60.8 Å². The molecule has 27 heavy (non-hydrogen) atoms. The van der Waals surface area contributed by atoms with E-state index in [4.69, 9.17) is 0 Å². The van der Waals surface area contributed by atoms with Crippen LogP contribution in [0.4, 0.5) is 14.9 Å². The lowest BCUT2D eigenvalue weighted by Crippen LogP contribution is -2.39. The van der Waals surface area contributed by atoms with Crippen LogP contribution in [0.1, 0.15) is 5.56 Å². The number of nitrogens with zero attached hydrogens (tertiary/aromatic N) is 3. The summed E-state index contributed by atoms with van der Waals surface area (Å²) in [6.07, 6.45) is 1.71. The monoisotopic (exact) mass is 366 g/mol. The molecule has 0 bridgehead atoms. The molecule has 1 aromatic heterocycles. The Bertz CT molecular complexity index is 906. The third kappa shape index (κ3) is 5.01. The number of urea groups is 1. The quantitative estimate of drug-likeness (QED) is 0.718. The molecule has 0 saturated carbocycles. The number of anilines is 1. The summed E-state index contributed by atoms with van der Waals surface area (Å²) in [5.41, 5.74) is 2.30. The van der Waals surface area contributed by atoms with Crippen LogP contribution in [0.2, 0.25) is 0 Å². The first kappa shape index (κ1) is 18.8. The molecule has 0 radical (unpaired) electrons. The number of rotatable bonds is 6. The number of carbonyl (C=O) groups excluding carboxylic acids is 1. The molecule has 0 unspecified atom stereocenters. The van der Waals surface area contributed by atoms with E-state index in [0.29, 0.717) is 18.8 Å². The standard InChI is InChI=1S/C21H23FN4O/c1-25(2)13-14-26(15-16-8-10-18(22)11-9-16)21(27)24-19-7-3-5-17-6-4-12-23-20(17)19/h3-12H,13-15H2,1-2H3,(H,24,27). The van der Waals surface area contributed by atoms with Crippen molar-refractivity contribution in [3.63, 3.8) is 0 Å². The van der Waals surface area contributed by atoms with E-state index >= 15 is 0 Å². The number of hydrogen-bond acceptors (Lipinski definition) is 3. The number of nitrogens with one attached hydrogen (secondary N) is 1. The van der Waals surface area contributed by atoms with Crippen molar-refractivity contribution < 1.29 is 9.18 Å². The Morgan fingerprint density at radius 3 is 2.52 bits per heavy atom. The van der Waals surface area contributed by atoms with Gasteiger partial charge in [0, 0.05) is 31.2 Å². The molecule has 0 spiro atoms. The number of halogens is 1. The summed E-state index contributed by atoms with van der Waals surface area (Å²) in [7, 11) is 3.92. The van der Waals surface area contributed by atoms with E-state index in [2.05, 4.69) is 10.3 Å². The van der Waals surface area contributed by atoms with Crippen LogP contribution in [-0.2, 0) is 6.54 Å².